The minimum atomic E-state index is -3.54. The topological polar surface area (TPSA) is 92.7 Å². The largest absolute Gasteiger partial charge is 0.481 e. The molecule has 1 aromatic rings. The second-order valence-corrected chi connectivity index (χ2v) is 6.90. The molecule has 0 radical (unpaired) electrons. The van der Waals surface area contributed by atoms with Crippen molar-refractivity contribution in [2.24, 2.45) is 0 Å². The van der Waals surface area contributed by atoms with Crippen molar-refractivity contribution >= 4 is 27.3 Å². The SMILES string of the molecule is CCOCCCNS(=O)(=O)c1ccc(CC(=O)O)s1. The molecule has 0 saturated heterocycles. The van der Waals surface area contributed by atoms with Gasteiger partial charge < -0.3 is 9.84 Å². The van der Waals surface area contributed by atoms with Crippen LogP contribution in [0.2, 0.25) is 0 Å². The number of carboxylic acid groups (broad SMARTS) is 1. The lowest BCUT2D eigenvalue weighted by Crippen LogP contribution is -2.24. The number of ether oxygens (including phenoxy) is 1. The fraction of sp³-hybridized carbons (Fsp3) is 0.545. The van der Waals surface area contributed by atoms with Gasteiger partial charge in [-0.15, -0.1) is 11.3 Å². The predicted octanol–water partition coefficient (Wildman–Crippen LogP) is 1.08. The molecule has 8 heteroatoms. The summed E-state index contributed by atoms with van der Waals surface area (Å²) in [6.07, 6.45) is 0.435. The summed E-state index contributed by atoms with van der Waals surface area (Å²) in [6, 6.07) is 2.95. The number of carbonyl (C=O) groups is 1. The van der Waals surface area contributed by atoms with Crippen LogP contribution < -0.4 is 4.72 Å². The predicted molar refractivity (Wildman–Crippen MR) is 72.0 cm³/mol. The molecule has 0 bridgehead atoms. The molecule has 0 amide bonds. The molecule has 19 heavy (non-hydrogen) atoms. The van der Waals surface area contributed by atoms with Crippen LogP contribution in [0, 0.1) is 0 Å². The van der Waals surface area contributed by atoms with Gasteiger partial charge in [0.2, 0.25) is 10.0 Å². The van der Waals surface area contributed by atoms with Crippen LogP contribution >= 0.6 is 11.3 Å². The quantitative estimate of drug-likeness (QED) is 0.666. The molecule has 2 N–H and O–H groups in total. The van der Waals surface area contributed by atoms with Gasteiger partial charge in [0, 0.05) is 24.6 Å². The maximum absolute atomic E-state index is 11.9. The molecule has 0 atom stereocenters. The van der Waals surface area contributed by atoms with E-state index in [-0.39, 0.29) is 10.6 Å². The van der Waals surface area contributed by atoms with E-state index in [0.717, 1.165) is 11.3 Å². The Bertz CT molecular complexity index is 509. The molecule has 0 unspecified atom stereocenters. The van der Waals surface area contributed by atoms with Gasteiger partial charge in [0.15, 0.2) is 0 Å². The second-order valence-electron chi connectivity index (χ2n) is 3.74. The van der Waals surface area contributed by atoms with Gasteiger partial charge in [-0.1, -0.05) is 0 Å². The van der Waals surface area contributed by atoms with Gasteiger partial charge in [0.25, 0.3) is 0 Å². The maximum Gasteiger partial charge on any atom is 0.308 e. The van der Waals surface area contributed by atoms with Gasteiger partial charge in [-0.25, -0.2) is 13.1 Å². The monoisotopic (exact) mass is 307 g/mol. The molecule has 0 fully saturated rings. The van der Waals surface area contributed by atoms with Crippen molar-refractivity contribution in [3.63, 3.8) is 0 Å². The molecule has 0 aliphatic heterocycles. The minimum Gasteiger partial charge on any atom is -0.481 e. The van der Waals surface area contributed by atoms with Crippen LogP contribution in [0.1, 0.15) is 18.2 Å². The highest BCUT2D eigenvalue weighted by atomic mass is 32.2. The number of aliphatic carboxylic acids is 1. The van der Waals surface area contributed by atoms with E-state index in [0.29, 0.717) is 31.1 Å². The highest BCUT2D eigenvalue weighted by Crippen LogP contribution is 2.21. The fourth-order valence-corrected chi connectivity index (χ4v) is 3.81. The molecular weight excluding hydrogens is 290 g/mol. The molecule has 0 saturated carbocycles. The Hall–Kier alpha value is -0.960. The first-order chi connectivity index (χ1) is 8.95. The fourth-order valence-electron chi connectivity index (χ4n) is 1.34. The summed E-state index contributed by atoms with van der Waals surface area (Å²) in [5.41, 5.74) is 0. The standard InChI is InChI=1S/C11H17NO5S2/c1-2-17-7-3-6-12-19(15,16)11-5-4-9(18-11)8-10(13)14/h4-5,12H,2-3,6-8H2,1H3,(H,13,14). The first kappa shape index (κ1) is 16.1. The van der Waals surface area contributed by atoms with E-state index in [4.69, 9.17) is 9.84 Å². The first-order valence-electron chi connectivity index (χ1n) is 5.83. The smallest absolute Gasteiger partial charge is 0.308 e. The number of sulfonamides is 1. The Kier molecular flexibility index (Phi) is 6.43. The normalized spacial score (nSPS) is 11.6. The van der Waals surface area contributed by atoms with Crippen molar-refractivity contribution in [1.82, 2.24) is 4.72 Å². The molecule has 0 aliphatic carbocycles. The van der Waals surface area contributed by atoms with Gasteiger partial charge in [-0.3, -0.25) is 4.79 Å². The molecule has 108 valence electrons. The Morgan fingerprint density at radius 1 is 1.47 bits per heavy atom. The highest BCUT2D eigenvalue weighted by molar-refractivity contribution is 7.91. The zero-order valence-corrected chi connectivity index (χ0v) is 12.2. The Labute approximate surface area is 116 Å². The zero-order valence-electron chi connectivity index (χ0n) is 10.6. The molecule has 0 aromatic carbocycles. The van der Waals surface area contributed by atoms with Crippen LogP contribution in [0.4, 0.5) is 0 Å². The number of hydrogen-bond acceptors (Lipinski definition) is 5. The summed E-state index contributed by atoms with van der Waals surface area (Å²) >= 11 is 0.974. The third-order valence-corrected chi connectivity index (χ3v) is 5.23. The van der Waals surface area contributed by atoms with Crippen LogP contribution in [0.15, 0.2) is 16.3 Å². The van der Waals surface area contributed by atoms with Crippen LogP contribution in [0.5, 0.6) is 0 Å². The van der Waals surface area contributed by atoms with Crippen LogP contribution in [0.25, 0.3) is 0 Å². The number of carboxylic acids is 1. The molecule has 0 aliphatic rings. The van der Waals surface area contributed by atoms with E-state index in [1.165, 1.54) is 12.1 Å². The number of nitrogens with one attached hydrogen (secondary N) is 1. The molecule has 6 nitrogen and oxygen atoms in total. The van der Waals surface area contributed by atoms with E-state index in [2.05, 4.69) is 4.72 Å². The third kappa shape index (κ3) is 5.68. The van der Waals surface area contributed by atoms with E-state index >= 15 is 0 Å². The Morgan fingerprint density at radius 3 is 2.84 bits per heavy atom. The lowest BCUT2D eigenvalue weighted by Gasteiger charge is -2.04. The summed E-state index contributed by atoms with van der Waals surface area (Å²) in [5, 5.41) is 8.63. The van der Waals surface area contributed by atoms with E-state index in [1.807, 2.05) is 6.92 Å². The molecule has 0 spiro atoms. The van der Waals surface area contributed by atoms with Gasteiger partial charge in [0.1, 0.15) is 4.21 Å². The van der Waals surface area contributed by atoms with Gasteiger partial charge >= 0.3 is 5.97 Å². The molecule has 1 aromatic heterocycles. The lowest BCUT2D eigenvalue weighted by atomic mass is 10.3. The van der Waals surface area contributed by atoms with Crippen molar-refractivity contribution in [3.05, 3.63) is 17.0 Å². The maximum atomic E-state index is 11.9. The second kappa shape index (κ2) is 7.59. The third-order valence-electron chi connectivity index (χ3n) is 2.19. The van der Waals surface area contributed by atoms with Gasteiger partial charge in [0.05, 0.1) is 6.42 Å². The number of hydrogen-bond donors (Lipinski definition) is 2. The van der Waals surface area contributed by atoms with E-state index in [9.17, 15) is 13.2 Å². The van der Waals surface area contributed by atoms with Crippen LogP contribution in [0.3, 0.4) is 0 Å². The Morgan fingerprint density at radius 2 is 2.21 bits per heavy atom. The van der Waals surface area contributed by atoms with E-state index in [1.54, 1.807) is 0 Å². The molecule has 1 rings (SSSR count). The zero-order chi connectivity index (χ0) is 14.3. The van der Waals surface area contributed by atoms with Crippen molar-refractivity contribution in [2.75, 3.05) is 19.8 Å². The van der Waals surface area contributed by atoms with Crippen LogP contribution in [-0.2, 0) is 26.0 Å². The summed E-state index contributed by atoms with van der Waals surface area (Å²) in [5.74, 6) is -0.976. The van der Waals surface area contributed by atoms with Crippen molar-refractivity contribution in [1.29, 1.82) is 0 Å². The minimum absolute atomic E-state index is 0.139. The Balaban J connectivity index is 2.52. The van der Waals surface area contributed by atoms with E-state index < -0.39 is 16.0 Å². The average Bonchev–Trinajstić information content (AvgIpc) is 2.77. The summed E-state index contributed by atoms with van der Waals surface area (Å²) in [7, 11) is -3.54. The van der Waals surface area contributed by atoms with Gasteiger partial charge in [-0.2, -0.15) is 0 Å². The van der Waals surface area contributed by atoms with Crippen molar-refractivity contribution in [3.8, 4) is 0 Å². The van der Waals surface area contributed by atoms with Gasteiger partial charge in [-0.05, 0) is 25.5 Å². The summed E-state index contributed by atoms with van der Waals surface area (Å²) in [6.45, 7) is 3.29. The molecular formula is C11H17NO5S2. The highest BCUT2D eigenvalue weighted by Gasteiger charge is 2.16. The number of thiophene rings is 1. The van der Waals surface area contributed by atoms with Crippen molar-refractivity contribution < 1.29 is 23.1 Å². The van der Waals surface area contributed by atoms with Crippen LogP contribution in [-0.4, -0.2) is 39.3 Å². The first-order valence-corrected chi connectivity index (χ1v) is 8.13. The lowest BCUT2D eigenvalue weighted by molar-refractivity contribution is -0.136. The number of rotatable bonds is 9. The summed E-state index contributed by atoms with van der Waals surface area (Å²) in [4.78, 5) is 11.0. The molecule has 1 heterocycles. The summed E-state index contributed by atoms with van der Waals surface area (Å²) < 4.78 is 31.4. The van der Waals surface area contributed by atoms with Crippen molar-refractivity contribution in [2.45, 2.75) is 24.0 Å². The average molecular weight is 307 g/mol.